The quantitative estimate of drug-likeness (QED) is 0.557. The van der Waals surface area contributed by atoms with Crippen LogP contribution in [0.15, 0.2) is 35.0 Å². The van der Waals surface area contributed by atoms with E-state index in [1.54, 1.807) is 6.21 Å². The number of aryl methyl sites for hydroxylation is 2. The van der Waals surface area contributed by atoms with E-state index in [4.69, 9.17) is 15.5 Å². The van der Waals surface area contributed by atoms with E-state index < -0.39 is 11.6 Å². The summed E-state index contributed by atoms with van der Waals surface area (Å²) in [6.07, 6.45) is 5.02. The van der Waals surface area contributed by atoms with E-state index in [0.717, 1.165) is 24.5 Å². The second kappa shape index (κ2) is 9.26. The Morgan fingerprint density at radius 3 is 2.60 bits per heavy atom. The number of aromatic nitrogens is 4. The minimum absolute atomic E-state index is 0.134. The van der Waals surface area contributed by atoms with Crippen molar-refractivity contribution >= 4 is 23.3 Å². The van der Waals surface area contributed by atoms with Crippen LogP contribution in [0.2, 0.25) is 0 Å². The van der Waals surface area contributed by atoms with Crippen LogP contribution >= 0.6 is 0 Å². The first-order valence-electron chi connectivity index (χ1n) is 11.7. The maximum atomic E-state index is 14.8. The highest BCUT2D eigenvalue weighted by Crippen LogP contribution is 2.31. The fourth-order valence-corrected chi connectivity index (χ4v) is 4.06. The number of anilines is 1. The Hall–Kier alpha value is -3.53. The molecule has 2 aliphatic rings. The van der Waals surface area contributed by atoms with Gasteiger partial charge in [0.2, 0.25) is 5.95 Å². The molecule has 3 heterocycles. The highest BCUT2D eigenvalue weighted by atomic mass is 19.1. The fourth-order valence-electron chi connectivity index (χ4n) is 4.06. The topological polar surface area (TPSA) is 102 Å². The van der Waals surface area contributed by atoms with E-state index in [-0.39, 0.29) is 23.5 Å². The molecule has 5 rings (SSSR count). The van der Waals surface area contributed by atoms with Crippen LogP contribution < -0.4 is 10.6 Å². The average Bonchev–Trinajstić information content (AvgIpc) is 3.64. The summed E-state index contributed by atoms with van der Waals surface area (Å²) in [6.45, 7) is 6.56. The third kappa shape index (κ3) is 4.84. The van der Waals surface area contributed by atoms with Gasteiger partial charge in [0.1, 0.15) is 28.9 Å². The van der Waals surface area contributed by atoms with Crippen molar-refractivity contribution in [3.8, 4) is 11.3 Å². The van der Waals surface area contributed by atoms with Crippen LogP contribution in [-0.4, -0.2) is 57.5 Å². The van der Waals surface area contributed by atoms with Crippen LogP contribution in [0.1, 0.15) is 31.2 Å². The van der Waals surface area contributed by atoms with Crippen LogP contribution in [0.4, 0.5) is 14.7 Å². The van der Waals surface area contributed by atoms with E-state index in [0.29, 0.717) is 47.6 Å². The number of aliphatic imine (C=N–C) groups is 1. The summed E-state index contributed by atoms with van der Waals surface area (Å²) < 4.78 is 34.6. The van der Waals surface area contributed by atoms with Gasteiger partial charge < -0.3 is 15.4 Å². The molecule has 3 aromatic rings. The van der Waals surface area contributed by atoms with Crippen molar-refractivity contribution in [1.82, 2.24) is 19.9 Å². The fraction of sp³-hybridized carbons (Fsp3) is 0.400. The van der Waals surface area contributed by atoms with Crippen molar-refractivity contribution in [1.29, 1.82) is 0 Å². The molecule has 1 aliphatic heterocycles. The van der Waals surface area contributed by atoms with Gasteiger partial charge in [0.25, 0.3) is 0 Å². The smallest absolute Gasteiger partial charge is 0.228 e. The molecule has 8 nitrogen and oxygen atoms in total. The zero-order chi connectivity index (χ0) is 24.7. The van der Waals surface area contributed by atoms with Crippen molar-refractivity contribution in [2.45, 2.75) is 51.9 Å². The normalized spacial score (nSPS) is 21.3. The number of hydrogen-bond donors (Lipinski definition) is 1. The van der Waals surface area contributed by atoms with Crippen molar-refractivity contribution in [3.63, 3.8) is 0 Å². The highest BCUT2D eigenvalue weighted by Gasteiger charge is 2.30. The van der Waals surface area contributed by atoms with Gasteiger partial charge in [-0.05, 0) is 45.7 Å². The highest BCUT2D eigenvalue weighted by molar-refractivity contribution is 5.88. The number of nitrogens with two attached hydrogens (primary N) is 1. The lowest BCUT2D eigenvalue weighted by atomic mass is 10.1. The Kier molecular flexibility index (Phi) is 6.14. The standard InChI is InChI=1S/C25H27F2N7O/c1-13-11-34(12-21(35-13)16(9-28)10-29-18-5-6-18)25-32-22(19-7-4-17(26)8-20(19)27)23-24(33-25)31-15(3)14(2)30-23/h4,7-10,13,18,21H,5-6,11-12,28H2,1-3H3/b16-9+,29-10?/t13-,21-/m1/s1. The van der Waals surface area contributed by atoms with E-state index in [2.05, 4.69) is 19.9 Å². The number of rotatable bonds is 5. The second-order valence-electron chi connectivity index (χ2n) is 9.08. The van der Waals surface area contributed by atoms with E-state index in [9.17, 15) is 8.78 Å². The van der Waals surface area contributed by atoms with Gasteiger partial charge in [-0.1, -0.05) is 0 Å². The minimum atomic E-state index is -0.728. The summed E-state index contributed by atoms with van der Waals surface area (Å²) in [4.78, 5) is 25.1. The first kappa shape index (κ1) is 23.2. The van der Waals surface area contributed by atoms with Crippen LogP contribution in [0.5, 0.6) is 0 Å². The number of morpholine rings is 1. The number of nitrogens with zero attached hydrogens (tertiary/aromatic N) is 6. The van der Waals surface area contributed by atoms with Gasteiger partial charge in [0.05, 0.1) is 30.1 Å². The number of fused-ring (bicyclic) bond motifs is 1. The summed E-state index contributed by atoms with van der Waals surface area (Å²) in [5.74, 6) is -1.03. The Morgan fingerprint density at radius 2 is 1.89 bits per heavy atom. The van der Waals surface area contributed by atoms with Gasteiger partial charge in [0, 0.05) is 36.2 Å². The van der Waals surface area contributed by atoms with Gasteiger partial charge >= 0.3 is 0 Å². The molecular formula is C25H27F2N7O. The van der Waals surface area contributed by atoms with Crippen molar-refractivity contribution < 1.29 is 13.5 Å². The van der Waals surface area contributed by atoms with E-state index in [1.807, 2.05) is 25.7 Å². The number of hydrogen-bond acceptors (Lipinski definition) is 8. The largest absolute Gasteiger partial charge is 0.404 e. The molecule has 0 amide bonds. The van der Waals surface area contributed by atoms with Gasteiger partial charge in [-0.15, -0.1) is 0 Å². The van der Waals surface area contributed by atoms with Crippen molar-refractivity contribution in [2.24, 2.45) is 10.7 Å². The third-order valence-corrected chi connectivity index (χ3v) is 6.21. The molecule has 2 aromatic heterocycles. The summed E-state index contributed by atoms with van der Waals surface area (Å²) >= 11 is 0. The van der Waals surface area contributed by atoms with Crippen LogP contribution in [0.3, 0.4) is 0 Å². The summed E-state index contributed by atoms with van der Waals surface area (Å²) in [7, 11) is 0. The lowest BCUT2D eigenvalue weighted by molar-refractivity contribution is 0.00666. The predicted octanol–water partition coefficient (Wildman–Crippen LogP) is 3.65. The molecule has 2 atom stereocenters. The second-order valence-corrected chi connectivity index (χ2v) is 9.08. The predicted molar refractivity (Wildman–Crippen MR) is 130 cm³/mol. The van der Waals surface area contributed by atoms with Crippen molar-refractivity contribution in [3.05, 3.63) is 53.0 Å². The zero-order valence-electron chi connectivity index (χ0n) is 19.9. The van der Waals surface area contributed by atoms with Gasteiger partial charge in [0.15, 0.2) is 5.65 Å². The molecule has 1 aromatic carbocycles. The first-order chi connectivity index (χ1) is 16.8. The SMILES string of the molecule is Cc1nc2nc(N3C[C@@H](C)O[C@@H](/C(C=NC4CC4)=C/N)C3)nc(-c3ccc(F)cc3F)c2nc1C. The Bertz CT molecular complexity index is 1340. The van der Waals surface area contributed by atoms with E-state index >= 15 is 0 Å². The number of halogens is 2. The summed E-state index contributed by atoms with van der Waals surface area (Å²) in [5, 5.41) is 0. The molecule has 35 heavy (non-hydrogen) atoms. The first-order valence-corrected chi connectivity index (χ1v) is 11.7. The third-order valence-electron chi connectivity index (χ3n) is 6.21. The zero-order valence-corrected chi connectivity index (χ0v) is 19.9. The molecule has 0 radical (unpaired) electrons. The molecule has 2 fully saturated rings. The molecule has 182 valence electrons. The number of ether oxygens (including phenoxy) is 1. The molecule has 2 N–H and O–H groups in total. The average molecular weight is 480 g/mol. The van der Waals surface area contributed by atoms with Crippen LogP contribution in [-0.2, 0) is 4.74 Å². The summed E-state index contributed by atoms with van der Waals surface area (Å²) in [6, 6.07) is 3.76. The molecule has 1 saturated heterocycles. The minimum Gasteiger partial charge on any atom is -0.404 e. The Balaban J connectivity index is 1.58. The maximum absolute atomic E-state index is 14.8. The molecule has 0 spiro atoms. The van der Waals surface area contributed by atoms with Gasteiger partial charge in [-0.2, -0.15) is 4.98 Å². The molecule has 1 saturated carbocycles. The molecule has 10 heteroatoms. The Labute approximate surface area is 202 Å². The number of benzene rings is 1. The molecular weight excluding hydrogens is 452 g/mol. The lowest BCUT2D eigenvalue weighted by Crippen LogP contribution is -2.48. The summed E-state index contributed by atoms with van der Waals surface area (Å²) in [5.41, 5.74) is 9.18. The maximum Gasteiger partial charge on any atom is 0.228 e. The van der Waals surface area contributed by atoms with Crippen molar-refractivity contribution in [2.75, 3.05) is 18.0 Å². The monoisotopic (exact) mass is 479 g/mol. The molecule has 1 aliphatic carbocycles. The Morgan fingerprint density at radius 1 is 1.11 bits per heavy atom. The lowest BCUT2D eigenvalue weighted by Gasteiger charge is -2.37. The van der Waals surface area contributed by atoms with Crippen LogP contribution in [0, 0.1) is 25.5 Å². The molecule has 0 bridgehead atoms. The van der Waals surface area contributed by atoms with E-state index in [1.165, 1.54) is 18.3 Å². The molecule has 0 unspecified atom stereocenters. The van der Waals surface area contributed by atoms with Crippen LogP contribution in [0.25, 0.3) is 22.4 Å². The van der Waals surface area contributed by atoms with Gasteiger partial charge in [-0.25, -0.2) is 23.7 Å². The van der Waals surface area contributed by atoms with Gasteiger partial charge in [-0.3, -0.25) is 4.99 Å².